The predicted octanol–water partition coefficient (Wildman–Crippen LogP) is 7.72. The van der Waals surface area contributed by atoms with E-state index < -0.39 is 0 Å². The molecule has 0 saturated heterocycles. The van der Waals surface area contributed by atoms with Gasteiger partial charge in [0.2, 0.25) is 5.69 Å². The summed E-state index contributed by atoms with van der Waals surface area (Å²) in [6, 6.07) is 32.4. The third-order valence-corrected chi connectivity index (χ3v) is 7.06. The molecule has 2 heteroatoms. The van der Waals surface area contributed by atoms with Gasteiger partial charge >= 0.3 is 0 Å². The van der Waals surface area contributed by atoms with Crippen LogP contribution in [0.5, 0.6) is 11.5 Å². The van der Waals surface area contributed by atoms with E-state index in [2.05, 4.69) is 116 Å². The molecule has 7 rings (SSSR count). The highest BCUT2D eigenvalue weighted by Crippen LogP contribution is 2.50. The zero-order chi connectivity index (χ0) is 22.1. The van der Waals surface area contributed by atoms with Crippen LogP contribution in [0.4, 0.5) is 0 Å². The van der Waals surface area contributed by atoms with Gasteiger partial charge < -0.3 is 4.74 Å². The lowest BCUT2D eigenvalue weighted by Crippen LogP contribution is -2.31. The Morgan fingerprint density at radius 3 is 2.33 bits per heavy atom. The number of rotatable bonds is 1. The highest BCUT2D eigenvalue weighted by molar-refractivity contribution is 6.18. The van der Waals surface area contributed by atoms with Crippen molar-refractivity contribution in [2.45, 2.75) is 6.92 Å². The lowest BCUT2D eigenvalue weighted by Gasteiger charge is -2.23. The molecule has 1 aromatic heterocycles. The molecule has 1 aliphatic heterocycles. The highest BCUT2D eigenvalue weighted by atomic mass is 16.5. The molecule has 33 heavy (non-hydrogen) atoms. The number of fused-ring (bicyclic) bond motifs is 5. The smallest absolute Gasteiger partial charge is 0.228 e. The van der Waals surface area contributed by atoms with E-state index in [1.807, 2.05) is 0 Å². The second kappa shape index (κ2) is 6.66. The first kappa shape index (κ1) is 18.4. The van der Waals surface area contributed by atoms with E-state index >= 15 is 0 Å². The minimum atomic E-state index is 0.925. The Morgan fingerprint density at radius 1 is 0.667 bits per heavy atom. The van der Waals surface area contributed by atoms with Gasteiger partial charge in [-0.2, -0.15) is 0 Å². The summed E-state index contributed by atoms with van der Waals surface area (Å²) in [7, 11) is 2.13. The molecule has 0 bridgehead atoms. The van der Waals surface area contributed by atoms with Crippen LogP contribution in [0.15, 0.2) is 97.2 Å². The quantitative estimate of drug-likeness (QED) is 0.194. The Morgan fingerprint density at radius 2 is 1.45 bits per heavy atom. The fourth-order valence-corrected chi connectivity index (χ4v) is 5.52. The maximum atomic E-state index is 6.68. The average Bonchev–Trinajstić information content (AvgIpc) is 2.85. The number of benzene rings is 5. The highest BCUT2D eigenvalue weighted by Gasteiger charge is 2.31. The number of hydrogen-bond donors (Lipinski definition) is 0. The number of hydrogen-bond acceptors (Lipinski definition) is 1. The van der Waals surface area contributed by atoms with Gasteiger partial charge in [0.25, 0.3) is 0 Å². The summed E-state index contributed by atoms with van der Waals surface area (Å²) in [6.07, 6.45) is 2.18. The molecule has 0 amide bonds. The molecule has 2 nitrogen and oxygen atoms in total. The lowest BCUT2D eigenvalue weighted by atomic mass is 9.89. The van der Waals surface area contributed by atoms with E-state index in [-0.39, 0.29) is 0 Å². The van der Waals surface area contributed by atoms with Crippen LogP contribution in [0.3, 0.4) is 0 Å². The minimum Gasteiger partial charge on any atom is -0.456 e. The fourth-order valence-electron chi connectivity index (χ4n) is 5.52. The molecule has 2 heterocycles. The molecule has 1 aliphatic rings. The molecule has 0 fully saturated rings. The molecule has 6 aromatic rings. The summed E-state index contributed by atoms with van der Waals surface area (Å²) in [6.45, 7) is 2.21. The molecule has 0 N–H and O–H groups in total. The van der Waals surface area contributed by atoms with Crippen molar-refractivity contribution >= 4 is 32.3 Å². The Bertz CT molecular complexity index is 1750. The van der Waals surface area contributed by atoms with Crippen molar-refractivity contribution in [1.82, 2.24) is 0 Å². The van der Waals surface area contributed by atoms with Crippen LogP contribution in [0, 0.1) is 6.92 Å². The van der Waals surface area contributed by atoms with Crippen LogP contribution >= 0.6 is 0 Å². The van der Waals surface area contributed by atoms with Crippen molar-refractivity contribution in [3.8, 4) is 33.9 Å². The van der Waals surface area contributed by atoms with Gasteiger partial charge in [-0.1, -0.05) is 72.8 Å². The molecule has 0 unspecified atom stereocenters. The Hall–Kier alpha value is -4.17. The van der Waals surface area contributed by atoms with Crippen LogP contribution in [0.25, 0.3) is 54.7 Å². The van der Waals surface area contributed by atoms with E-state index in [1.165, 1.54) is 60.3 Å². The largest absolute Gasteiger partial charge is 0.456 e. The van der Waals surface area contributed by atoms with Crippen LogP contribution in [-0.4, -0.2) is 0 Å². The van der Waals surface area contributed by atoms with Crippen LogP contribution < -0.4 is 9.30 Å². The van der Waals surface area contributed by atoms with E-state index in [9.17, 15) is 0 Å². The van der Waals surface area contributed by atoms with Crippen molar-refractivity contribution in [2.75, 3.05) is 0 Å². The Balaban J connectivity index is 1.64. The van der Waals surface area contributed by atoms with Crippen LogP contribution in [0.1, 0.15) is 5.56 Å². The van der Waals surface area contributed by atoms with Crippen LogP contribution in [0.2, 0.25) is 0 Å². The molecular formula is C31H22NO+. The number of pyridine rings is 1. The van der Waals surface area contributed by atoms with Crippen molar-refractivity contribution in [1.29, 1.82) is 0 Å². The number of ether oxygens (including phenoxy) is 1. The van der Waals surface area contributed by atoms with Crippen molar-refractivity contribution in [3.05, 3.63) is 103 Å². The number of nitrogens with zero attached hydrogens (tertiary/aromatic N) is 1. The first-order chi connectivity index (χ1) is 16.2. The summed E-state index contributed by atoms with van der Waals surface area (Å²) < 4.78 is 8.92. The monoisotopic (exact) mass is 424 g/mol. The lowest BCUT2D eigenvalue weighted by molar-refractivity contribution is -0.659. The van der Waals surface area contributed by atoms with Gasteiger partial charge in [-0.25, -0.2) is 4.57 Å². The number of aromatic nitrogens is 1. The van der Waals surface area contributed by atoms with Crippen molar-refractivity contribution < 1.29 is 9.30 Å². The second-order valence-corrected chi connectivity index (χ2v) is 8.90. The van der Waals surface area contributed by atoms with Gasteiger partial charge in [-0.05, 0) is 57.3 Å². The zero-order valence-electron chi connectivity index (χ0n) is 18.6. The first-order valence-corrected chi connectivity index (χ1v) is 11.3. The topological polar surface area (TPSA) is 13.1 Å². The van der Waals surface area contributed by atoms with Gasteiger partial charge in [0, 0.05) is 11.5 Å². The Labute approximate surface area is 192 Å². The normalized spacial score (nSPS) is 12.2. The van der Waals surface area contributed by atoms with E-state index in [4.69, 9.17) is 4.74 Å². The molecule has 0 spiro atoms. The van der Waals surface area contributed by atoms with Gasteiger partial charge in [0.1, 0.15) is 18.5 Å². The summed E-state index contributed by atoms with van der Waals surface area (Å²) in [5.41, 5.74) is 6.11. The maximum absolute atomic E-state index is 6.68. The van der Waals surface area contributed by atoms with Crippen molar-refractivity contribution in [3.63, 3.8) is 0 Å². The van der Waals surface area contributed by atoms with E-state index in [1.54, 1.807) is 0 Å². The molecule has 0 aliphatic carbocycles. The van der Waals surface area contributed by atoms with Gasteiger partial charge in [-0.15, -0.1) is 0 Å². The standard InChI is InChI=1S/C31H22NO/c1-19-22-12-7-6-11-21(22)17-27-29(19)31-30-25(15-16-32(31)2)24-14-8-13-23(20-9-4-3-5-10-20)26(24)18-28(30)33-27/h3-18H,1-2H3/q+1. The van der Waals surface area contributed by atoms with Gasteiger partial charge in [0.05, 0.1) is 10.9 Å². The molecule has 0 saturated carbocycles. The second-order valence-electron chi connectivity index (χ2n) is 8.90. The summed E-state index contributed by atoms with van der Waals surface area (Å²) >= 11 is 0. The third-order valence-electron chi connectivity index (χ3n) is 7.06. The Kier molecular flexibility index (Phi) is 3.72. The van der Waals surface area contributed by atoms with Gasteiger partial charge in [0.15, 0.2) is 6.20 Å². The minimum absolute atomic E-state index is 0.925. The fraction of sp³-hybridized carbons (Fsp3) is 0.0645. The SMILES string of the molecule is Cc1c2c(cc3ccccc13)Oc1cc3c(-c4ccccc4)cccc3c3cc[n+](C)c-2c13. The predicted molar refractivity (Wildman–Crippen MR) is 136 cm³/mol. The zero-order valence-corrected chi connectivity index (χ0v) is 18.6. The van der Waals surface area contributed by atoms with E-state index in [0.717, 1.165) is 11.5 Å². The molecule has 0 atom stereocenters. The molecule has 0 radical (unpaired) electrons. The first-order valence-electron chi connectivity index (χ1n) is 11.3. The summed E-state index contributed by atoms with van der Waals surface area (Å²) in [5, 5.41) is 7.36. The molecule has 5 aromatic carbocycles. The summed E-state index contributed by atoms with van der Waals surface area (Å²) in [4.78, 5) is 0. The molecule has 156 valence electrons. The van der Waals surface area contributed by atoms with Crippen molar-refractivity contribution in [2.24, 2.45) is 7.05 Å². The maximum Gasteiger partial charge on any atom is 0.228 e. The average molecular weight is 425 g/mol. The van der Waals surface area contributed by atoms with Crippen LogP contribution in [-0.2, 0) is 7.05 Å². The van der Waals surface area contributed by atoms with E-state index in [0.29, 0.717) is 0 Å². The number of aryl methyl sites for hydroxylation is 2. The van der Waals surface area contributed by atoms with Gasteiger partial charge in [-0.3, -0.25) is 0 Å². The third kappa shape index (κ3) is 2.52. The molecular weight excluding hydrogens is 402 g/mol. The summed E-state index contributed by atoms with van der Waals surface area (Å²) in [5.74, 6) is 1.85.